The van der Waals surface area contributed by atoms with Crippen LogP contribution in [0.2, 0.25) is 0 Å². The highest BCUT2D eigenvalue weighted by atomic mass is 16.1. The summed E-state index contributed by atoms with van der Waals surface area (Å²) in [6.45, 7) is 10.3. The third-order valence-electron chi connectivity index (χ3n) is 4.54. The minimum Gasteiger partial charge on any atom is -0.372 e. The lowest BCUT2D eigenvalue weighted by Gasteiger charge is -2.21. The topological polar surface area (TPSA) is 50.2 Å². The van der Waals surface area contributed by atoms with E-state index < -0.39 is 0 Å². The molecule has 0 bridgehead atoms. The highest BCUT2D eigenvalue weighted by molar-refractivity contribution is 5.91. The number of aryl methyl sites for hydroxylation is 2. The molecule has 5 nitrogen and oxygen atoms in total. The number of hydrogen-bond donors (Lipinski definition) is 1. The predicted molar refractivity (Wildman–Crippen MR) is 99.6 cm³/mol. The Bertz CT molecular complexity index is 684. The molecule has 2 aromatic rings. The lowest BCUT2D eigenvalue weighted by molar-refractivity contribution is -0.116. The first-order valence-corrected chi connectivity index (χ1v) is 8.60. The van der Waals surface area contributed by atoms with Crippen LogP contribution in [-0.2, 0) is 18.3 Å². The van der Waals surface area contributed by atoms with E-state index in [1.807, 2.05) is 37.7 Å². The first kappa shape index (κ1) is 18.0. The fourth-order valence-electron chi connectivity index (χ4n) is 2.99. The molecule has 2 rings (SSSR count). The van der Waals surface area contributed by atoms with Crippen molar-refractivity contribution in [2.75, 3.05) is 23.3 Å². The molecule has 0 unspecified atom stereocenters. The van der Waals surface area contributed by atoms with Gasteiger partial charge in [-0.2, -0.15) is 5.10 Å². The van der Waals surface area contributed by atoms with Gasteiger partial charge in [-0.1, -0.05) is 0 Å². The standard InChI is InChI=1S/C19H28N4O/c1-6-23(7-2)17-10-8-16(9-11-17)20-19(24)13-12-18-14(3)21-22(5)15(18)4/h8-11H,6-7,12-13H2,1-5H3,(H,20,24). The van der Waals surface area contributed by atoms with Gasteiger partial charge in [0.2, 0.25) is 5.91 Å². The van der Waals surface area contributed by atoms with Crippen molar-refractivity contribution in [3.63, 3.8) is 0 Å². The van der Waals surface area contributed by atoms with E-state index in [0.717, 1.165) is 36.6 Å². The summed E-state index contributed by atoms with van der Waals surface area (Å²) in [7, 11) is 1.93. The molecule has 0 aliphatic rings. The molecule has 5 heteroatoms. The Morgan fingerprint density at radius 1 is 1.17 bits per heavy atom. The van der Waals surface area contributed by atoms with Gasteiger partial charge in [-0.25, -0.2) is 0 Å². The number of nitrogens with zero attached hydrogens (tertiary/aromatic N) is 3. The summed E-state index contributed by atoms with van der Waals surface area (Å²) < 4.78 is 1.87. The Hall–Kier alpha value is -2.30. The van der Waals surface area contributed by atoms with Crippen molar-refractivity contribution in [2.24, 2.45) is 7.05 Å². The van der Waals surface area contributed by atoms with Crippen molar-refractivity contribution in [2.45, 2.75) is 40.5 Å². The van der Waals surface area contributed by atoms with E-state index in [2.05, 4.69) is 41.3 Å². The molecule has 0 aliphatic carbocycles. The van der Waals surface area contributed by atoms with Gasteiger partial charge in [0.1, 0.15) is 0 Å². The summed E-state index contributed by atoms with van der Waals surface area (Å²) >= 11 is 0. The number of benzene rings is 1. The van der Waals surface area contributed by atoms with Crippen LogP contribution in [0.15, 0.2) is 24.3 Å². The van der Waals surface area contributed by atoms with Crippen LogP contribution in [0.25, 0.3) is 0 Å². The third kappa shape index (κ3) is 4.16. The molecule has 1 heterocycles. The second-order valence-corrected chi connectivity index (χ2v) is 6.04. The first-order chi connectivity index (χ1) is 11.5. The van der Waals surface area contributed by atoms with Gasteiger partial charge >= 0.3 is 0 Å². The summed E-state index contributed by atoms with van der Waals surface area (Å²) in [6.07, 6.45) is 1.18. The van der Waals surface area contributed by atoms with Gasteiger partial charge in [-0.3, -0.25) is 9.48 Å². The van der Waals surface area contributed by atoms with Crippen LogP contribution in [-0.4, -0.2) is 28.8 Å². The largest absolute Gasteiger partial charge is 0.372 e. The molecule has 1 amide bonds. The molecular weight excluding hydrogens is 300 g/mol. The minimum absolute atomic E-state index is 0.0354. The second-order valence-electron chi connectivity index (χ2n) is 6.04. The van der Waals surface area contributed by atoms with E-state index in [-0.39, 0.29) is 5.91 Å². The molecule has 0 spiro atoms. The van der Waals surface area contributed by atoms with Crippen LogP contribution in [0.3, 0.4) is 0 Å². The van der Waals surface area contributed by atoms with Crippen LogP contribution in [0.1, 0.15) is 37.2 Å². The fraction of sp³-hybridized carbons (Fsp3) is 0.474. The Labute approximate surface area is 144 Å². The van der Waals surface area contributed by atoms with Crippen molar-refractivity contribution in [1.29, 1.82) is 0 Å². The number of amides is 1. The van der Waals surface area contributed by atoms with Crippen molar-refractivity contribution in [1.82, 2.24) is 9.78 Å². The lowest BCUT2D eigenvalue weighted by Crippen LogP contribution is -2.21. The molecule has 1 aromatic carbocycles. The smallest absolute Gasteiger partial charge is 0.224 e. The van der Waals surface area contributed by atoms with E-state index in [0.29, 0.717) is 6.42 Å². The zero-order valence-corrected chi connectivity index (χ0v) is 15.4. The maximum Gasteiger partial charge on any atom is 0.224 e. The van der Waals surface area contributed by atoms with Crippen molar-refractivity contribution in [3.05, 3.63) is 41.2 Å². The molecular formula is C19H28N4O. The molecule has 1 aromatic heterocycles. The van der Waals surface area contributed by atoms with E-state index in [9.17, 15) is 4.79 Å². The van der Waals surface area contributed by atoms with E-state index in [1.54, 1.807) is 0 Å². The van der Waals surface area contributed by atoms with Crippen LogP contribution < -0.4 is 10.2 Å². The fourth-order valence-corrected chi connectivity index (χ4v) is 2.99. The summed E-state index contributed by atoms with van der Waals surface area (Å²) in [5.41, 5.74) is 5.33. The quantitative estimate of drug-likeness (QED) is 0.847. The lowest BCUT2D eigenvalue weighted by atomic mass is 10.1. The van der Waals surface area contributed by atoms with Crippen LogP contribution in [0.5, 0.6) is 0 Å². The van der Waals surface area contributed by atoms with E-state index in [4.69, 9.17) is 0 Å². The zero-order valence-electron chi connectivity index (χ0n) is 15.4. The molecule has 0 atom stereocenters. The van der Waals surface area contributed by atoms with Crippen LogP contribution in [0.4, 0.5) is 11.4 Å². The molecule has 0 saturated carbocycles. The van der Waals surface area contributed by atoms with Crippen molar-refractivity contribution in [3.8, 4) is 0 Å². The number of anilines is 2. The number of rotatable bonds is 7. The molecule has 24 heavy (non-hydrogen) atoms. The molecule has 0 saturated heterocycles. The second kappa shape index (κ2) is 7.99. The van der Waals surface area contributed by atoms with Gasteiger partial charge < -0.3 is 10.2 Å². The first-order valence-electron chi connectivity index (χ1n) is 8.60. The predicted octanol–water partition coefficient (Wildman–Crippen LogP) is 3.45. The highest BCUT2D eigenvalue weighted by Crippen LogP contribution is 2.18. The Balaban J connectivity index is 1.92. The van der Waals surface area contributed by atoms with Gasteiger partial charge in [-0.15, -0.1) is 0 Å². The number of nitrogens with one attached hydrogen (secondary N) is 1. The van der Waals surface area contributed by atoms with Gasteiger partial charge in [0.05, 0.1) is 5.69 Å². The van der Waals surface area contributed by atoms with E-state index in [1.165, 1.54) is 11.3 Å². The summed E-state index contributed by atoms with van der Waals surface area (Å²) in [5.74, 6) is 0.0354. The maximum absolute atomic E-state index is 12.2. The maximum atomic E-state index is 12.2. The van der Waals surface area contributed by atoms with Crippen LogP contribution in [0, 0.1) is 13.8 Å². The van der Waals surface area contributed by atoms with Gasteiger partial charge in [0.25, 0.3) is 0 Å². The molecule has 0 radical (unpaired) electrons. The average Bonchev–Trinajstić information content (AvgIpc) is 2.81. The third-order valence-corrected chi connectivity index (χ3v) is 4.54. The van der Waals surface area contributed by atoms with Crippen molar-refractivity contribution < 1.29 is 4.79 Å². The van der Waals surface area contributed by atoms with Crippen LogP contribution >= 0.6 is 0 Å². The SMILES string of the molecule is CCN(CC)c1ccc(NC(=O)CCc2c(C)nn(C)c2C)cc1. The number of hydrogen-bond acceptors (Lipinski definition) is 3. The Morgan fingerprint density at radius 3 is 2.29 bits per heavy atom. The Kier molecular flexibility index (Phi) is 6.01. The number of carbonyl (C=O) groups is 1. The average molecular weight is 328 g/mol. The number of carbonyl (C=O) groups excluding carboxylic acids is 1. The van der Waals surface area contributed by atoms with Gasteiger partial charge in [0, 0.05) is 43.6 Å². The highest BCUT2D eigenvalue weighted by Gasteiger charge is 2.11. The molecule has 0 aliphatic heterocycles. The van der Waals surface area contributed by atoms with Gasteiger partial charge in [0.15, 0.2) is 0 Å². The van der Waals surface area contributed by atoms with E-state index >= 15 is 0 Å². The molecule has 0 fully saturated rings. The monoisotopic (exact) mass is 328 g/mol. The minimum atomic E-state index is 0.0354. The summed E-state index contributed by atoms with van der Waals surface area (Å²) in [6, 6.07) is 8.04. The number of aromatic nitrogens is 2. The normalized spacial score (nSPS) is 10.7. The summed E-state index contributed by atoms with van der Waals surface area (Å²) in [5, 5.41) is 7.37. The zero-order chi connectivity index (χ0) is 17.7. The molecule has 1 N–H and O–H groups in total. The van der Waals surface area contributed by atoms with Gasteiger partial charge in [-0.05, 0) is 63.9 Å². The van der Waals surface area contributed by atoms with Crippen molar-refractivity contribution >= 4 is 17.3 Å². The Morgan fingerprint density at radius 2 is 1.79 bits per heavy atom. The molecule has 130 valence electrons. The summed E-state index contributed by atoms with van der Waals surface area (Å²) in [4.78, 5) is 14.5.